The second kappa shape index (κ2) is 7.45. The zero-order chi connectivity index (χ0) is 16.8. The van der Waals surface area contributed by atoms with E-state index in [9.17, 15) is 9.59 Å². The number of ether oxygens (including phenoxy) is 2. The Morgan fingerprint density at radius 2 is 1.74 bits per heavy atom. The fourth-order valence-electron chi connectivity index (χ4n) is 1.97. The number of nitrogens with one attached hydrogen (secondary N) is 1. The topological polar surface area (TPSA) is 64.6 Å². The van der Waals surface area contributed by atoms with Crippen LogP contribution in [0.15, 0.2) is 48.5 Å². The van der Waals surface area contributed by atoms with Crippen LogP contribution in [-0.4, -0.2) is 24.9 Å². The fraction of sp³-hybridized carbons (Fsp3) is 0.222. The lowest BCUT2D eigenvalue weighted by atomic mass is 10.1. The predicted octanol–water partition coefficient (Wildman–Crippen LogP) is 3.30. The van der Waals surface area contributed by atoms with E-state index in [-0.39, 0.29) is 11.7 Å². The molecule has 23 heavy (non-hydrogen) atoms. The average Bonchev–Trinajstić information content (AvgIpc) is 2.55. The first-order valence-corrected chi connectivity index (χ1v) is 7.22. The molecule has 0 aromatic heterocycles. The molecular formula is C18H19NO4. The summed E-state index contributed by atoms with van der Waals surface area (Å²) in [5.74, 6) is 0.911. The van der Waals surface area contributed by atoms with E-state index in [0.717, 1.165) is 0 Å². The summed E-state index contributed by atoms with van der Waals surface area (Å²) in [4.78, 5) is 23.4. The molecule has 0 bridgehead atoms. The lowest BCUT2D eigenvalue weighted by Crippen LogP contribution is -2.30. The maximum absolute atomic E-state index is 12.2. The number of hydrogen-bond donors (Lipinski definition) is 1. The second-order valence-corrected chi connectivity index (χ2v) is 5.06. The van der Waals surface area contributed by atoms with E-state index in [0.29, 0.717) is 22.7 Å². The molecule has 2 aromatic carbocycles. The Hall–Kier alpha value is -2.82. The Balaban J connectivity index is 1.97. The number of carbonyl (C=O) groups is 2. The monoisotopic (exact) mass is 313 g/mol. The summed E-state index contributed by atoms with van der Waals surface area (Å²) in [6.45, 7) is 3.16. The minimum Gasteiger partial charge on any atom is -0.497 e. The summed E-state index contributed by atoms with van der Waals surface area (Å²) in [5, 5.41) is 2.77. The number of rotatable bonds is 6. The molecule has 0 spiro atoms. The summed E-state index contributed by atoms with van der Waals surface area (Å²) in [6, 6.07) is 13.8. The van der Waals surface area contributed by atoms with E-state index in [4.69, 9.17) is 9.47 Å². The first kappa shape index (κ1) is 16.5. The SMILES string of the molecule is COc1cccc(NC(=O)C(C)Oc2ccc(C(C)=O)cc2)c1. The summed E-state index contributed by atoms with van der Waals surface area (Å²) in [6.07, 6.45) is -0.677. The zero-order valence-electron chi connectivity index (χ0n) is 13.3. The van der Waals surface area contributed by atoms with Gasteiger partial charge in [-0.1, -0.05) is 6.07 Å². The number of amides is 1. The molecule has 120 valence electrons. The van der Waals surface area contributed by atoms with E-state index < -0.39 is 6.10 Å². The van der Waals surface area contributed by atoms with Crippen molar-refractivity contribution in [3.05, 3.63) is 54.1 Å². The number of benzene rings is 2. The highest BCUT2D eigenvalue weighted by atomic mass is 16.5. The molecule has 0 saturated carbocycles. The number of anilines is 1. The number of methoxy groups -OCH3 is 1. The minimum absolute atomic E-state index is 0.0135. The molecule has 1 atom stereocenters. The van der Waals surface area contributed by atoms with Gasteiger partial charge in [-0.05, 0) is 50.2 Å². The van der Waals surface area contributed by atoms with Crippen LogP contribution in [0.1, 0.15) is 24.2 Å². The highest BCUT2D eigenvalue weighted by Gasteiger charge is 2.15. The van der Waals surface area contributed by atoms with Crippen LogP contribution >= 0.6 is 0 Å². The molecule has 0 aliphatic heterocycles. The standard InChI is InChI=1S/C18H19NO4/c1-12(20)14-7-9-16(10-8-14)23-13(2)18(21)19-15-5-4-6-17(11-15)22-3/h4-11,13H,1-3H3,(H,19,21). The van der Waals surface area contributed by atoms with Crippen molar-refractivity contribution in [3.8, 4) is 11.5 Å². The van der Waals surface area contributed by atoms with E-state index in [2.05, 4.69) is 5.32 Å². The third kappa shape index (κ3) is 4.57. The van der Waals surface area contributed by atoms with Gasteiger partial charge < -0.3 is 14.8 Å². The first-order valence-electron chi connectivity index (χ1n) is 7.22. The van der Waals surface area contributed by atoms with E-state index >= 15 is 0 Å². The van der Waals surface area contributed by atoms with Crippen LogP contribution in [0.2, 0.25) is 0 Å². The zero-order valence-corrected chi connectivity index (χ0v) is 13.3. The fourth-order valence-corrected chi connectivity index (χ4v) is 1.97. The van der Waals surface area contributed by atoms with Gasteiger partial charge in [0.25, 0.3) is 5.91 Å². The van der Waals surface area contributed by atoms with Gasteiger partial charge in [-0.25, -0.2) is 0 Å². The van der Waals surface area contributed by atoms with Crippen molar-refractivity contribution < 1.29 is 19.1 Å². The maximum Gasteiger partial charge on any atom is 0.265 e. The van der Waals surface area contributed by atoms with Crippen LogP contribution in [0.25, 0.3) is 0 Å². The molecule has 0 heterocycles. The molecule has 5 heteroatoms. The Bertz CT molecular complexity index is 694. The molecule has 0 aliphatic rings. The average molecular weight is 313 g/mol. The molecule has 0 aliphatic carbocycles. The van der Waals surface area contributed by atoms with E-state index in [1.54, 1.807) is 62.6 Å². The normalized spacial score (nSPS) is 11.4. The summed E-state index contributed by atoms with van der Waals surface area (Å²) in [5.41, 5.74) is 1.24. The lowest BCUT2D eigenvalue weighted by molar-refractivity contribution is -0.122. The highest BCUT2D eigenvalue weighted by Crippen LogP contribution is 2.18. The number of carbonyl (C=O) groups excluding carboxylic acids is 2. The van der Waals surface area contributed by atoms with Crippen LogP contribution in [0.3, 0.4) is 0 Å². The van der Waals surface area contributed by atoms with Gasteiger partial charge in [0.15, 0.2) is 11.9 Å². The Morgan fingerprint density at radius 1 is 1.04 bits per heavy atom. The van der Waals surface area contributed by atoms with Gasteiger partial charge in [0, 0.05) is 17.3 Å². The van der Waals surface area contributed by atoms with Crippen molar-refractivity contribution >= 4 is 17.4 Å². The van der Waals surface area contributed by atoms with Crippen LogP contribution in [0.5, 0.6) is 11.5 Å². The third-order valence-electron chi connectivity index (χ3n) is 3.28. The van der Waals surface area contributed by atoms with Crippen LogP contribution < -0.4 is 14.8 Å². The number of hydrogen-bond acceptors (Lipinski definition) is 4. The first-order chi connectivity index (χ1) is 11.0. The van der Waals surface area contributed by atoms with Crippen LogP contribution in [0, 0.1) is 0 Å². The molecule has 2 rings (SSSR count). The molecule has 1 N–H and O–H groups in total. The Kier molecular flexibility index (Phi) is 5.36. The highest BCUT2D eigenvalue weighted by molar-refractivity contribution is 5.95. The van der Waals surface area contributed by atoms with Crippen molar-refractivity contribution in [2.45, 2.75) is 20.0 Å². The van der Waals surface area contributed by atoms with Crippen molar-refractivity contribution in [1.82, 2.24) is 0 Å². The second-order valence-electron chi connectivity index (χ2n) is 5.06. The molecule has 0 fully saturated rings. The van der Waals surface area contributed by atoms with Gasteiger partial charge in [-0.2, -0.15) is 0 Å². The van der Waals surface area contributed by atoms with Gasteiger partial charge in [0.2, 0.25) is 0 Å². The lowest BCUT2D eigenvalue weighted by Gasteiger charge is -2.15. The smallest absolute Gasteiger partial charge is 0.265 e. The maximum atomic E-state index is 12.2. The summed E-state index contributed by atoms with van der Waals surface area (Å²) >= 11 is 0. The summed E-state index contributed by atoms with van der Waals surface area (Å²) < 4.78 is 10.7. The molecule has 0 saturated heterocycles. The summed E-state index contributed by atoms with van der Waals surface area (Å²) in [7, 11) is 1.57. The molecule has 1 amide bonds. The van der Waals surface area contributed by atoms with E-state index in [1.807, 2.05) is 0 Å². The molecule has 5 nitrogen and oxygen atoms in total. The van der Waals surface area contributed by atoms with Crippen LogP contribution in [-0.2, 0) is 4.79 Å². The van der Waals surface area contributed by atoms with E-state index in [1.165, 1.54) is 6.92 Å². The van der Waals surface area contributed by atoms with Crippen molar-refractivity contribution in [2.24, 2.45) is 0 Å². The number of Topliss-reactive ketones (excluding diaryl/α,β-unsaturated/α-hetero) is 1. The molecule has 2 aromatic rings. The van der Waals surface area contributed by atoms with Crippen molar-refractivity contribution in [3.63, 3.8) is 0 Å². The quantitative estimate of drug-likeness (QED) is 0.831. The van der Waals surface area contributed by atoms with Crippen molar-refractivity contribution in [1.29, 1.82) is 0 Å². The Labute approximate surface area is 135 Å². The van der Waals surface area contributed by atoms with Gasteiger partial charge in [-0.3, -0.25) is 9.59 Å². The van der Waals surface area contributed by atoms with Gasteiger partial charge in [0.05, 0.1) is 7.11 Å². The molecule has 0 radical (unpaired) electrons. The Morgan fingerprint density at radius 3 is 2.35 bits per heavy atom. The predicted molar refractivity (Wildman–Crippen MR) is 88.2 cm³/mol. The minimum atomic E-state index is -0.677. The molecular weight excluding hydrogens is 294 g/mol. The molecule has 1 unspecified atom stereocenters. The van der Waals surface area contributed by atoms with Gasteiger partial charge >= 0.3 is 0 Å². The van der Waals surface area contributed by atoms with Gasteiger partial charge in [-0.15, -0.1) is 0 Å². The largest absolute Gasteiger partial charge is 0.497 e. The number of ketones is 1. The third-order valence-corrected chi connectivity index (χ3v) is 3.28. The van der Waals surface area contributed by atoms with Crippen LogP contribution in [0.4, 0.5) is 5.69 Å². The van der Waals surface area contributed by atoms with Gasteiger partial charge in [0.1, 0.15) is 11.5 Å². The van der Waals surface area contributed by atoms with Crippen molar-refractivity contribution in [2.75, 3.05) is 12.4 Å².